The van der Waals surface area contributed by atoms with Crippen molar-refractivity contribution in [3.63, 3.8) is 0 Å². The summed E-state index contributed by atoms with van der Waals surface area (Å²) < 4.78 is 27.6. The molecule has 1 N–H and O–H groups in total. The molecule has 3 rings (SSSR count). The minimum absolute atomic E-state index is 0.0471. The number of aliphatic hydroxyl groups is 1. The van der Waals surface area contributed by atoms with Crippen LogP contribution in [-0.4, -0.2) is 11.3 Å². The lowest BCUT2D eigenvalue weighted by molar-refractivity contribution is -0.138. The first-order valence-electron chi connectivity index (χ1n) is 8.40. The van der Waals surface area contributed by atoms with E-state index in [4.69, 9.17) is 0 Å². The third-order valence-electron chi connectivity index (χ3n) is 5.28. The van der Waals surface area contributed by atoms with Crippen LogP contribution in [0.3, 0.4) is 0 Å². The summed E-state index contributed by atoms with van der Waals surface area (Å²) in [6.07, 6.45) is 8.10. The monoisotopic (exact) mass is 306 g/mol. The Morgan fingerprint density at radius 3 is 2.64 bits per heavy atom. The van der Waals surface area contributed by atoms with Crippen LogP contribution in [0.25, 0.3) is 6.08 Å². The average Bonchev–Trinajstić information content (AvgIpc) is 2.52. The van der Waals surface area contributed by atoms with E-state index in [1.165, 1.54) is 44.1 Å². The van der Waals surface area contributed by atoms with Gasteiger partial charge in [-0.2, -0.15) is 0 Å². The van der Waals surface area contributed by atoms with Gasteiger partial charge in [-0.1, -0.05) is 44.0 Å². The molecule has 1 aromatic rings. The Kier molecular flexibility index (Phi) is 4.35. The van der Waals surface area contributed by atoms with Gasteiger partial charge in [-0.15, -0.1) is 0 Å². The quantitative estimate of drug-likeness (QED) is 0.809. The fourth-order valence-corrected chi connectivity index (χ4v) is 3.95. The fourth-order valence-electron chi connectivity index (χ4n) is 3.95. The third kappa shape index (κ3) is 2.83. The molecule has 0 amide bonds. The molecular formula is C19H24F2O. The zero-order valence-corrected chi connectivity index (χ0v) is 13.1. The second kappa shape index (κ2) is 6.11. The molecule has 120 valence electrons. The predicted octanol–water partition coefficient (Wildman–Crippen LogP) is 5.24. The predicted molar refractivity (Wildman–Crippen MR) is 85.0 cm³/mol. The molecule has 2 unspecified atom stereocenters. The molecule has 0 spiro atoms. The lowest BCUT2D eigenvalue weighted by Crippen LogP contribution is -2.33. The Hall–Kier alpha value is -1.22. The molecule has 0 aliphatic heterocycles. The van der Waals surface area contributed by atoms with Crippen molar-refractivity contribution < 1.29 is 13.9 Å². The van der Waals surface area contributed by atoms with Crippen molar-refractivity contribution >= 4 is 6.08 Å². The van der Waals surface area contributed by atoms with Crippen molar-refractivity contribution in [1.29, 1.82) is 0 Å². The molecule has 0 radical (unpaired) electrons. The summed E-state index contributed by atoms with van der Waals surface area (Å²) in [5, 5.41) is 9.70. The van der Waals surface area contributed by atoms with Crippen LogP contribution < -0.4 is 0 Å². The Labute approximate surface area is 131 Å². The van der Waals surface area contributed by atoms with Gasteiger partial charge in [0, 0.05) is 5.56 Å². The molecule has 0 bridgehead atoms. The van der Waals surface area contributed by atoms with Crippen LogP contribution in [0.15, 0.2) is 24.3 Å². The summed E-state index contributed by atoms with van der Waals surface area (Å²) in [6.45, 7) is 2.23. The van der Waals surface area contributed by atoms with E-state index in [2.05, 4.69) is 6.92 Å². The first-order valence-corrected chi connectivity index (χ1v) is 8.40. The number of benzene rings is 1. The van der Waals surface area contributed by atoms with E-state index >= 15 is 0 Å². The highest BCUT2D eigenvalue weighted by molar-refractivity contribution is 5.60. The highest BCUT2D eigenvalue weighted by Gasteiger charge is 2.41. The van der Waals surface area contributed by atoms with Crippen LogP contribution in [0, 0.1) is 5.92 Å². The van der Waals surface area contributed by atoms with E-state index in [0.717, 1.165) is 12.0 Å². The normalized spacial score (nSPS) is 34.5. The number of hydrogen-bond acceptors (Lipinski definition) is 1. The zero-order chi connectivity index (χ0) is 15.7. The number of rotatable bonds is 3. The van der Waals surface area contributed by atoms with Gasteiger partial charge >= 0.3 is 0 Å². The molecule has 1 aromatic carbocycles. The van der Waals surface area contributed by atoms with E-state index in [1.54, 1.807) is 12.1 Å². The lowest BCUT2D eigenvalue weighted by atomic mass is 9.76. The van der Waals surface area contributed by atoms with Crippen LogP contribution in [-0.2, 0) is 5.85 Å². The lowest BCUT2D eigenvalue weighted by Gasteiger charge is -2.31. The molecular weight excluding hydrogens is 282 g/mol. The Bertz CT molecular complexity index is 557. The molecule has 2 aliphatic rings. The summed E-state index contributed by atoms with van der Waals surface area (Å²) in [4.78, 5) is 0. The molecule has 2 aliphatic carbocycles. The van der Waals surface area contributed by atoms with Gasteiger partial charge in [0.1, 0.15) is 0 Å². The van der Waals surface area contributed by atoms with Gasteiger partial charge in [0.2, 0.25) is 0 Å². The number of fused-ring (bicyclic) bond motifs is 1. The van der Waals surface area contributed by atoms with E-state index in [9.17, 15) is 13.9 Å². The van der Waals surface area contributed by atoms with Crippen LogP contribution in [0.5, 0.6) is 0 Å². The molecule has 0 saturated heterocycles. The largest absolute Gasteiger partial charge is 0.356 e. The smallest absolute Gasteiger partial charge is 0.268 e. The molecule has 1 fully saturated rings. The van der Waals surface area contributed by atoms with Crippen LogP contribution in [0.1, 0.15) is 68.1 Å². The molecule has 1 nitrogen and oxygen atoms in total. The molecule has 2 atom stereocenters. The van der Waals surface area contributed by atoms with Crippen LogP contribution >= 0.6 is 0 Å². The van der Waals surface area contributed by atoms with Gasteiger partial charge in [0.05, 0.1) is 0 Å². The summed E-state index contributed by atoms with van der Waals surface area (Å²) in [6, 6.07) is 5.34. The highest BCUT2D eigenvalue weighted by Crippen LogP contribution is 2.41. The topological polar surface area (TPSA) is 20.2 Å². The molecule has 0 aromatic heterocycles. The summed E-state index contributed by atoms with van der Waals surface area (Å²) in [5.74, 6) is -1.55. The van der Waals surface area contributed by atoms with Gasteiger partial charge in [-0.3, -0.25) is 0 Å². The average molecular weight is 306 g/mol. The standard InChI is InChI=1S/C19H24F2O/c1-2-3-13-4-6-14(7-5-13)15-8-10-17-16(12-15)9-11-18(20)19(17,21)22/h8-14,18,22H,2-7H2,1H3. The molecule has 1 saturated carbocycles. The highest BCUT2D eigenvalue weighted by atomic mass is 19.2. The molecule has 0 heterocycles. The second-order valence-electron chi connectivity index (χ2n) is 6.79. The Balaban J connectivity index is 1.77. The van der Waals surface area contributed by atoms with Crippen molar-refractivity contribution in [2.75, 3.05) is 0 Å². The third-order valence-corrected chi connectivity index (χ3v) is 5.28. The first kappa shape index (κ1) is 15.7. The van der Waals surface area contributed by atoms with Gasteiger partial charge in [-0.25, -0.2) is 8.78 Å². The molecule has 22 heavy (non-hydrogen) atoms. The minimum Gasteiger partial charge on any atom is -0.356 e. The van der Waals surface area contributed by atoms with E-state index in [-0.39, 0.29) is 5.56 Å². The van der Waals surface area contributed by atoms with E-state index < -0.39 is 12.0 Å². The number of alkyl halides is 2. The molecule has 3 heteroatoms. The SMILES string of the molecule is CCCC1CCC(c2ccc3c(c2)C=CC(F)C3(O)F)CC1. The zero-order valence-electron chi connectivity index (χ0n) is 13.1. The Morgan fingerprint density at radius 2 is 1.95 bits per heavy atom. The number of hydrogen-bond donors (Lipinski definition) is 1. The van der Waals surface area contributed by atoms with Crippen molar-refractivity contribution in [1.82, 2.24) is 0 Å². The van der Waals surface area contributed by atoms with Crippen molar-refractivity contribution in [2.24, 2.45) is 5.92 Å². The second-order valence-corrected chi connectivity index (χ2v) is 6.79. The van der Waals surface area contributed by atoms with Crippen molar-refractivity contribution in [2.45, 2.75) is 63.4 Å². The van der Waals surface area contributed by atoms with Gasteiger partial charge < -0.3 is 5.11 Å². The van der Waals surface area contributed by atoms with Crippen LogP contribution in [0.4, 0.5) is 8.78 Å². The van der Waals surface area contributed by atoms with Gasteiger partial charge in [0.25, 0.3) is 5.85 Å². The maximum absolute atomic E-state index is 14.1. The fraction of sp³-hybridized carbons (Fsp3) is 0.579. The summed E-state index contributed by atoms with van der Waals surface area (Å²) >= 11 is 0. The van der Waals surface area contributed by atoms with Crippen molar-refractivity contribution in [3.8, 4) is 0 Å². The van der Waals surface area contributed by atoms with Gasteiger partial charge in [-0.05, 0) is 54.7 Å². The van der Waals surface area contributed by atoms with Crippen LogP contribution in [0.2, 0.25) is 0 Å². The summed E-state index contributed by atoms with van der Waals surface area (Å²) in [5.41, 5.74) is 1.84. The number of halogens is 2. The maximum Gasteiger partial charge on any atom is 0.268 e. The van der Waals surface area contributed by atoms with Gasteiger partial charge in [0.15, 0.2) is 6.17 Å². The maximum atomic E-state index is 14.1. The first-order chi connectivity index (χ1) is 10.5. The van der Waals surface area contributed by atoms with Crippen molar-refractivity contribution in [3.05, 3.63) is 41.0 Å². The van der Waals surface area contributed by atoms with E-state index in [0.29, 0.717) is 11.5 Å². The van der Waals surface area contributed by atoms with E-state index in [1.807, 2.05) is 12.1 Å². The summed E-state index contributed by atoms with van der Waals surface area (Å²) in [7, 11) is 0. The Morgan fingerprint density at radius 1 is 1.23 bits per heavy atom. The minimum atomic E-state index is -2.90.